The largest absolute Gasteiger partial charge is 0.502 e. The molecule has 0 saturated heterocycles. The van der Waals surface area contributed by atoms with Crippen LogP contribution in [0, 0.1) is 11.2 Å². The highest BCUT2D eigenvalue weighted by Crippen LogP contribution is 2.38. The number of ether oxygens (including phenoxy) is 1. The summed E-state index contributed by atoms with van der Waals surface area (Å²) in [6.07, 6.45) is -0.0493. The molecule has 4 nitrogen and oxygen atoms in total. The van der Waals surface area contributed by atoms with Crippen LogP contribution in [0.15, 0.2) is 10.5 Å². The summed E-state index contributed by atoms with van der Waals surface area (Å²) in [5.74, 6) is -2.52. The predicted octanol–water partition coefficient (Wildman–Crippen LogP) is 2.96. The second-order valence-corrected chi connectivity index (χ2v) is 5.42. The zero-order chi connectivity index (χ0) is 14.1. The van der Waals surface area contributed by atoms with E-state index >= 15 is 0 Å². The number of rotatable bonds is 4. The van der Waals surface area contributed by atoms with Crippen LogP contribution >= 0.6 is 15.9 Å². The van der Waals surface area contributed by atoms with Gasteiger partial charge in [-0.3, -0.25) is 4.79 Å². The number of carboxylic acid groups (broad SMARTS) is 1. The maximum atomic E-state index is 14.0. The van der Waals surface area contributed by atoms with Gasteiger partial charge >= 0.3 is 5.97 Å². The smallest absolute Gasteiger partial charge is 0.309 e. The van der Waals surface area contributed by atoms with Crippen molar-refractivity contribution in [3.05, 3.63) is 21.9 Å². The highest BCUT2D eigenvalue weighted by molar-refractivity contribution is 9.10. The molecule has 1 rings (SSSR count). The van der Waals surface area contributed by atoms with Crippen molar-refractivity contribution in [2.24, 2.45) is 5.41 Å². The maximum absolute atomic E-state index is 14.0. The minimum absolute atomic E-state index is 0.00347. The molecule has 0 aromatic heterocycles. The Kier molecular flexibility index (Phi) is 4.21. The number of phenolic OH excluding ortho intramolecular Hbond substituents is 1. The number of methoxy groups -OCH3 is 1. The molecule has 0 unspecified atom stereocenters. The molecular weight excluding hydrogens is 307 g/mol. The van der Waals surface area contributed by atoms with E-state index in [9.17, 15) is 14.3 Å². The third kappa shape index (κ3) is 2.75. The van der Waals surface area contributed by atoms with E-state index < -0.39 is 23.0 Å². The first kappa shape index (κ1) is 14.8. The summed E-state index contributed by atoms with van der Waals surface area (Å²) in [6, 6.07) is 1.41. The van der Waals surface area contributed by atoms with Crippen LogP contribution in [0.2, 0.25) is 0 Å². The van der Waals surface area contributed by atoms with Gasteiger partial charge in [-0.2, -0.15) is 0 Å². The molecular formula is C12H14BrFO4. The number of benzene rings is 1. The van der Waals surface area contributed by atoms with E-state index in [1.807, 2.05) is 0 Å². The molecule has 0 aliphatic heterocycles. The van der Waals surface area contributed by atoms with Gasteiger partial charge in [0.05, 0.1) is 12.5 Å². The fourth-order valence-electron chi connectivity index (χ4n) is 1.46. The van der Waals surface area contributed by atoms with Gasteiger partial charge in [0.25, 0.3) is 0 Å². The average Bonchev–Trinajstić information content (AvgIpc) is 2.29. The molecule has 0 radical (unpaired) electrons. The molecule has 0 aliphatic carbocycles. The Morgan fingerprint density at radius 1 is 1.56 bits per heavy atom. The monoisotopic (exact) mass is 320 g/mol. The Morgan fingerprint density at radius 2 is 2.11 bits per heavy atom. The molecule has 0 bridgehead atoms. The predicted molar refractivity (Wildman–Crippen MR) is 67.4 cm³/mol. The molecule has 0 amide bonds. The molecule has 0 heterocycles. The second kappa shape index (κ2) is 5.14. The summed E-state index contributed by atoms with van der Waals surface area (Å²) in [5, 5.41) is 18.6. The van der Waals surface area contributed by atoms with Crippen molar-refractivity contribution in [2.75, 3.05) is 7.11 Å². The molecule has 0 fully saturated rings. The fourth-order valence-corrected chi connectivity index (χ4v) is 1.98. The van der Waals surface area contributed by atoms with E-state index in [0.29, 0.717) is 4.47 Å². The van der Waals surface area contributed by atoms with E-state index in [-0.39, 0.29) is 17.7 Å². The summed E-state index contributed by atoms with van der Waals surface area (Å²) in [7, 11) is 1.31. The Balaban J connectivity index is 3.27. The lowest BCUT2D eigenvalue weighted by molar-refractivity contribution is -0.146. The zero-order valence-corrected chi connectivity index (χ0v) is 11.8. The summed E-state index contributed by atoms with van der Waals surface area (Å²) >= 11 is 3.15. The van der Waals surface area contributed by atoms with Gasteiger partial charge in [0.1, 0.15) is 0 Å². The maximum Gasteiger partial charge on any atom is 0.309 e. The van der Waals surface area contributed by atoms with Gasteiger partial charge in [-0.1, -0.05) is 15.9 Å². The molecule has 0 spiro atoms. The number of aromatic hydroxyl groups is 1. The Hall–Kier alpha value is -1.30. The normalized spacial score (nSPS) is 11.4. The van der Waals surface area contributed by atoms with Crippen LogP contribution in [0.5, 0.6) is 11.5 Å². The minimum Gasteiger partial charge on any atom is -0.502 e. The molecule has 6 heteroatoms. The number of carbonyl (C=O) groups is 1. The molecule has 0 saturated carbocycles. The van der Waals surface area contributed by atoms with Crippen LogP contribution in [0.4, 0.5) is 4.39 Å². The lowest BCUT2D eigenvalue weighted by Crippen LogP contribution is -2.26. The van der Waals surface area contributed by atoms with Gasteiger partial charge in [0, 0.05) is 10.0 Å². The van der Waals surface area contributed by atoms with Crippen molar-refractivity contribution in [3.63, 3.8) is 0 Å². The van der Waals surface area contributed by atoms with E-state index in [1.54, 1.807) is 0 Å². The van der Waals surface area contributed by atoms with Crippen LogP contribution < -0.4 is 4.74 Å². The van der Waals surface area contributed by atoms with Gasteiger partial charge in [0.15, 0.2) is 17.3 Å². The highest BCUT2D eigenvalue weighted by Gasteiger charge is 2.31. The number of hydrogen-bond acceptors (Lipinski definition) is 3. The fraction of sp³-hybridized carbons (Fsp3) is 0.417. The first-order chi connectivity index (χ1) is 8.20. The van der Waals surface area contributed by atoms with Crippen LogP contribution in [-0.4, -0.2) is 23.3 Å². The van der Waals surface area contributed by atoms with E-state index in [2.05, 4.69) is 15.9 Å². The third-order valence-electron chi connectivity index (χ3n) is 2.67. The molecule has 100 valence electrons. The van der Waals surface area contributed by atoms with Gasteiger partial charge in [0.2, 0.25) is 0 Å². The van der Waals surface area contributed by atoms with Crippen LogP contribution in [0.1, 0.15) is 19.4 Å². The SMILES string of the molecule is COc1cc(Br)c(CC(C)(C)C(=O)O)c(F)c1O. The first-order valence-corrected chi connectivity index (χ1v) is 5.97. The summed E-state index contributed by atoms with van der Waals surface area (Å²) in [6.45, 7) is 2.98. The number of carboxylic acids is 1. The van der Waals surface area contributed by atoms with Gasteiger partial charge < -0.3 is 14.9 Å². The molecule has 1 aromatic carbocycles. The Labute approximate surface area is 113 Å². The first-order valence-electron chi connectivity index (χ1n) is 5.18. The van der Waals surface area contributed by atoms with Crippen molar-refractivity contribution < 1.29 is 24.1 Å². The van der Waals surface area contributed by atoms with E-state index in [0.717, 1.165) is 0 Å². The summed E-state index contributed by atoms with van der Waals surface area (Å²) in [4.78, 5) is 11.0. The van der Waals surface area contributed by atoms with Crippen molar-refractivity contribution in [1.82, 2.24) is 0 Å². The molecule has 18 heavy (non-hydrogen) atoms. The van der Waals surface area contributed by atoms with Crippen molar-refractivity contribution in [1.29, 1.82) is 0 Å². The van der Waals surface area contributed by atoms with E-state index in [1.165, 1.54) is 27.0 Å². The quantitative estimate of drug-likeness (QED) is 0.895. The number of aliphatic carboxylic acids is 1. The van der Waals surface area contributed by atoms with E-state index in [4.69, 9.17) is 9.84 Å². The molecule has 0 aliphatic rings. The average molecular weight is 321 g/mol. The number of halogens is 2. The highest BCUT2D eigenvalue weighted by atomic mass is 79.9. The van der Waals surface area contributed by atoms with Crippen molar-refractivity contribution >= 4 is 21.9 Å². The Morgan fingerprint density at radius 3 is 2.56 bits per heavy atom. The lowest BCUT2D eigenvalue weighted by atomic mass is 9.85. The summed E-state index contributed by atoms with van der Waals surface area (Å²) < 4.78 is 19.1. The number of hydrogen-bond donors (Lipinski definition) is 2. The van der Waals surface area contributed by atoms with Crippen molar-refractivity contribution in [2.45, 2.75) is 20.3 Å². The standard InChI is InChI=1S/C12H14BrFO4/c1-12(2,11(16)17)5-6-7(13)4-8(18-3)10(15)9(6)14/h4,15H,5H2,1-3H3,(H,16,17). The molecule has 0 atom stereocenters. The van der Waals surface area contributed by atoms with Gasteiger partial charge in [-0.15, -0.1) is 0 Å². The minimum atomic E-state index is -1.13. The van der Waals surface area contributed by atoms with Crippen LogP contribution in [-0.2, 0) is 11.2 Å². The van der Waals surface area contributed by atoms with Gasteiger partial charge in [-0.25, -0.2) is 4.39 Å². The lowest BCUT2D eigenvalue weighted by Gasteiger charge is -2.21. The van der Waals surface area contributed by atoms with Crippen LogP contribution in [0.3, 0.4) is 0 Å². The second-order valence-electron chi connectivity index (χ2n) is 4.57. The third-order valence-corrected chi connectivity index (χ3v) is 3.38. The van der Waals surface area contributed by atoms with Crippen molar-refractivity contribution in [3.8, 4) is 11.5 Å². The van der Waals surface area contributed by atoms with Crippen LogP contribution in [0.25, 0.3) is 0 Å². The van der Waals surface area contributed by atoms with Gasteiger partial charge in [-0.05, 0) is 26.3 Å². The number of phenols is 1. The molecule has 2 N–H and O–H groups in total. The summed E-state index contributed by atoms with van der Waals surface area (Å²) in [5.41, 5.74) is -1.02. The zero-order valence-electron chi connectivity index (χ0n) is 10.3. The molecule has 1 aromatic rings. The Bertz CT molecular complexity index is 485. The topological polar surface area (TPSA) is 66.8 Å².